The molecule has 2 atom stereocenters. The van der Waals surface area contributed by atoms with Crippen LogP contribution in [0.15, 0.2) is 54.6 Å². The number of para-hydroxylation sites is 2. The van der Waals surface area contributed by atoms with E-state index in [-0.39, 0.29) is 43.8 Å². The van der Waals surface area contributed by atoms with Gasteiger partial charge < -0.3 is 35.4 Å². The van der Waals surface area contributed by atoms with Crippen LogP contribution in [0.1, 0.15) is 35.7 Å². The Bertz CT molecular complexity index is 1460. The van der Waals surface area contributed by atoms with Crippen LogP contribution in [-0.2, 0) is 20.9 Å². The van der Waals surface area contributed by atoms with E-state index in [2.05, 4.69) is 16.0 Å². The van der Waals surface area contributed by atoms with Gasteiger partial charge in [0.25, 0.3) is 11.8 Å². The van der Waals surface area contributed by atoms with E-state index < -0.39 is 18.1 Å². The number of nitrogens with one attached hydrogen (secondary N) is 3. The SMILES string of the molecule is CNC(C)C(=O)NC1COc2ccccc2N(Cc2cc3cc(C(=O)NCCCC(=O)O)ccc3cc2OC)C1=O. The zero-order valence-electron chi connectivity index (χ0n) is 23.2. The molecule has 0 radical (unpaired) electrons. The van der Waals surface area contributed by atoms with Crippen molar-refractivity contribution < 1.29 is 33.8 Å². The molecule has 1 heterocycles. The van der Waals surface area contributed by atoms with E-state index in [1.54, 1.807) is 50.2 Å². The van der Waals surface area contributed by atoms with Gasteiger partial charge >= 0.3 is 5.97 Å². The third-order valence-electron chi connectivity index (χ3n) is 6.95. The molecule has 1 aliphatic heterocycles. The van der Waals surface area contributed by atoms with Gasteiger partial charge in [-0.2, -0.15) is 0 Å². The molecule has 0 spiro atoms. The minimum atomic E-state index is -0.912. The topological polar surface area (TPSA) is 146 Å². The molecule has 0 fully saturated rings. The molecule has 4 N–H and O–H groups in total. The van der Waals surface area contributed by atoms with Crippen LogP contribution in [0.25, 0.3) is 10.8 Å². The number of benzene rings is 3. The molecule has 0 saturated heterocycles. The van der Waals surface area contributed by atoms with Crippen molar-refractivity contribution in [2.75, 3.05) is 32.2 Å². The maximum atomic E-state index is 13.8. The Morgan fingerprint density at radius 3 is 2.63 bits per heavy atom. The summed E-state index contributed by atoms with van der Waals surface area (Å²) in [6.45, 7) is 2.06. The predicted octanol–water partition coefficient (Wildman–Crippen LogP) is 2.46. The molecule has 1 aliphatic rings. The lowest BCUT2D eigenvalue weighted by molar-refractivity contribution is -0.137. The Morgan fingerprint density at radius 1 is 1.12 bits per heavy atom. The van der Waals surface area contributed by atoms with E-state index in [1.165, 1.54) is 0 Å². The molecule has 3 amide bonds. The average molecular weight is 563 g/mol. The molecule has 3 aromatic rings. The molecular formula is C30H34N4O7. The number of amides is 3. The summed E-state index contributed by atoms with van der Waals surface area (Å²) in [5.41, 5.74) is 1.68. The first-order valence-electron chi connectivity index (χ1n) is 13.3. The van der Waals surface area contributed by atoms with E-state index in [0.29, 0.717) is 34.7 Å². The highest BCUT2D eigenvalue weighted by Crippen LogP contribution is 2.35. The van der Waals surface area contributed by atoms with Crippen molar-refractivity contribution in [1.29, 1.82) is 0 Å². The Hall–Kier alpha value is -4.64. The molecule has 0 aromatic heterocycles. The molecule has 0 saturated carbocycles. The van der Waals surface area contributed by atoms with Crippen molar-refractivity contribution in [3.8, 4) is 11.5 Å². The Labute approximate surface area is 237 Å². The second kappa shape index (κ2) is 13.1. The number of hydrogen-bond acceptors (Lipinski definition) is 7. The normalized spacial score (nSPS) is 15.3. The van der Waals surface area contributed by atoms with Crippen LogP contribution < -0.4 is 30.3 Å². The number of carbonyl (C=O) groups is 4. The number of likely N-dealkylation sites (N-methyl/N-ethyl adjacent to an activating group) is 1. The molecule has 11 heteroatoms. The largest absolute Gasteiger partial charge is 0.496 e. The Balaban J connectivity index is 1.64. The summed E-state index contributed by atoms with van der Waals surface area (Å²) in [6.07, 6.45) is 0.309. The summed E-state index contributed by atoms with van der Waals surface area (Å²) in [6, 6.07) is 14.7. The number of rotatable bonds is 11. The lowest BCUT2D eigenvalue weighted by Gasteiger charge is -2.26. The van der Waals surface area contributed by atoms with Crippen LogP contribution in [-0.4, -0.2) is 68.2 Å². The fourth-order valence-corrected chi connectivity index (χ4v) is 4.54. The first-order valence-corrected chi connectivity index (χ1v) is 13.3. The van der Waals surface area contributed by atoms with Crippen molar-refractivity contribution in [3.05, 3.63) is 65.7 Å². The number of nitrogens with zero attached hydrogens (tertiary/aromatic N) is 1. The van der Waals surface area contributed by atoms with Crippen LogP contribution in [0.3, 0.4) is 0 Å². The molecule has 2 unspecified atom stereocenters. The van der Waals surface area contributed by atoms with Crippen LogP contribution in [0.4, 0.5) is 5.69 Å². The van der Waals surface area contributed by atoms with E-state index >= 15 is 0 Å². The minimum Gasteiger partial charge on any atom is -0.496 e. The molecule has 0 aliphatic carbocycles. The maximum Gasteiger partial charge on any atom is 0.303 e. The smallest absolute Gasteiger partial charge is 0.303 e. The molecule has 216 valence electrons. The highest BCUT2D eigenvalue weighted by molar-refractivity contribution is 6.02. The predicted molar refractivity (Wildman–Crippen MR) is 153 cm³/mol. The van der Waals surface area contributed by atoms with Crippen LogP contribution in [0.5, 0.6) is 11.5 Å². The van der Waals surface area contributed by atoms with Crippen molar-refractivity contribution in [2.24, 2.45) is 0 Å². The number of carboxylic acid groups (broad SMARTS) is 1. The Morgan fingerprint density at radius 2 is 1.90 bits per heavy atom. The lowest BCUT2D eigenvalue weighted by atomic mass is 10.0. The van der Waals surface area contributed by atoms with Gasteiger partial charge in [0.15, 0.2) is 0 Å². The quantitative estimate of drug-likeness (QED) is 0.261. The summed E-state index contributed by atoms with van der Waals surface area (Å²) < 4.78 is 11.6. The van der Waals surface area contributed by atoms with Gasteiger partial charge in [0.05, 0.1) is 25.4 Å². The summed E-state index contributed by atoms with van der Waals surface area (Å²) in [7, 11) is 3.21. The third kappa shape index (κ3) is 6.93. The number of aliphatic carboxylic acids is 1. The number of hydrogen-bond donors (Lipinski definition) is 4. The highest BCUT2D eigenvalue weighted by Gasteiger charge is 2.33. The van der Waals surface area contributed by atoms with Crippen LogP contribution in [0.2, 0.25) is 0 Å². The number of methoxy groups -OCH3 is 1. The zero-order valence-corrected chi connectivity index (χ0v) is 23.2. The minimum absolute atomic E-state index is 0.0195. The molecule has 0 bridgehead atoms. The molecule has 3 aromatic carbocycles. The first kappa shape index (κ1) is 29.3. The fraction of sp³-hybridized carbons (Fsp3) is 0.333. The zero-order chi connectivity index (χ0) is 29.5. The summed E-state index contributed by atoms with van der Waals surface area (Å²) in [4.78, 5) is 51.4. The third-order valence-corrected chi connectivity index (χ3v) is 6.95. The van der Waals surface area contributed by atoms with Gasteiger partial charge in [0.1, 0.15) is 24.1 Å². The second-order valence-electron chi connectivity index (χ2n) is 9.75. The number of ether oxygens (including phenoxy) is 2. The lowest BCUT2D eigenvalue weighted by Crippen LogP contribution is -2.53. The van der Waals surface area contributed by atoms with Gasteiger partial charge in [0.2, 0.25) is 5.91 Å². The van der Waals surface area contributed by atoms with Crippen molar-refractivity contribution in [3.63, 3.8) is 0 Å². The van der Waals surface area contributed by atoms with Crippen molar-refractivity contribution in [1.82, 2.24) is 16.0 Å². The summed E-state index contributed by atoms with van der Waals surface area (Å²) in [5.74, 6) is -0.799. The Kier molecular flexibility index (Phi) is 9.41. The average Bonchev–Trinajstić information content (AvgIpc) is 3.10. The van der Waals surface area contributed by atoms with Gasteiger partial charge in [-0.1, -0.05) is 18.2 Å². The molecule has 4 rings (SSSR count). The number of anilines is 1. The van der Waals surface area contributed by atoms with Gasteiger partial charge in [-0.25, -0.2) is 0 Å². The van der Waals surface area contributed by atoms with Gasteiger partial charge in [-0.05, 0) is 67.6 Å². The maximum absolute atomic E-state index is 13.8. The van der Waals surface area contributed by atoms with Crippen LogP contribution in [0, 0.1) is 0 Å². The number of fused-ring (bicyclic) bond motifs is 2. The number of carbonyl (C=O) groups excluding carboxylic acids is 3. The standard InChI is InChI=1S/C30H34N4O7/c1-18(31-2)28(37)33-23-17-41-25-8-5-4-7-24(25)34(30(23)39)16-22-14-21-13-20(11-10-19(21)15-26(22)40-3)29(38)32-12-6-9-27(35)36/h4-5,7-8,10-11,13-15,18,23,31H,6,9,12,16-17H2,1-3H3,(H,32,38)(H,33,37)(H,35,36). The van der Waals surface area contributed by atoms with Crippen molar-refractivity contribution in [2.45, 2.75) is 38.4 Å². The summed E-state index contributed by atoms with van der Waals surface area (Å²) in [5, 5.41) is 18.8. The molecule has 11 nitrogen and oxygen atoms in total. The monoisotopic (exact) mass is 562 g/mol. The fourth-order valence-electron chi connectivity index (χ4n) is 4.54. The van der Waals surface area contributed by atoms with E-state index in [0.717, 1.165) is 10.8 Å². The van der Waals surface area contributed by atoms with E-state index in [1.807, 2.05) is 30.3 Å². The van der Waals surface area contributed by atoms with Gasteiger partial charge in [-0.3, -0.25) is 19.2 Å². The molecular weight excluding hydrogens is 528 g/mol. The van der Waals surface area contributed by atoms with Gasteiger partial charge in [-0.15, -0.1) is 0 Å². The van der Waals surface area contributed by atoms with Crippen molar-refractivity contribution >= 4 is 40.2 Å². The van der Waals surface area contributed by atoms with Gasteiger partial charge in [0, 0.05) is 24.1 Å². The molecule has 41 heavy (non-hydrogen) atoms. The number of carboxylic acids is 1. The highest BCUT2D eigenvalue weighted by atomic mass is 16.5. The second-order valence-corrected chi connectivity index (χ2v) is 9.75. The van der Waals surface area contributed by atoms with E-state index in [4.69, 9.17) is 14.6 Å². The van der Waals surface area contributed by atoms with E-state index in [9.17, 15) is 19.2 Å². The first-order chi connectivity index (χ1) is 19.7. The summed E-state index contributed by atoms with van der Waals surface area (Å²) >= 11 is 0. The van der Waals surface area contributed by atoms with Crippen LogP contribution >= 0.6 is 0 Å².